The van der Waals surface area contributed by atoms with Crippen LogP contribution in [0.2, 0.25) is 0 Å². The Morgan fingerprint density at radius 3 is 2.47 bits per heavy atom. The van der Waals surface area contributed by atoms with Crippen molar-refractivity contribution >= 4 is 40.2 Å². The molecule has 1 saturated heterocycles. The Bertz CT molecular complexity index is 518. The summed E-state index contributed by atoms with van der Waals surface area (Å²) in [4.78, 5) is 25.2. The minimum atomic E-state index is -0.350. The highest BCUT2D eigenvalue weighted by Gasteiger charge is 2.35. The highest BCUT2D eigenvalue weighted by molar-refractivity contribution is 14.1. The smallest absolute Gasteiger partial charge is 0.311 e. The van der Waals surface area contributed by atoms with Gasteiger partial charge < -0.3 is 9.64 Å². The Morgan fingerprint density at radius 2 is 1.95 bits per heavy atom. The summed E-state index contributed by atoms with van der Waals surface area (Å²) in [5.41, 5.74) is 3.15. The average Bonchev–Trinajstić information content (AvgIpc) is 2.76. The molecule has 19 heavy (non-hydrogen) atoms. The van der Waals surface area contributed by atoms with Crippen LogP contribution in [0.4, 0.5) is 5.69 Å². The first-order chi connectivity index (χ1) is 8.93. The highest BCUT2D eigenvalue weighted by Crippen LogP contribution is 2.29. The number of rotatable bonds is 2. The van der Waals surface area contributed by atoms with E-state index in [4.69, 9.17) is 4.74 Å². The molecule has 102 valence electrons. The predicted molar refractivity (Wildman–Crippen MR) is 81.1 cm³/mol. The van der Waals surface area contributed by atoms with E-state index < -0.39 is 0 Å². The molecule has 0 unspecified atom stereocenters. The van der Waals surface area contributed by atoms with Crippen molar-refractivity contribution in [3.8, 4) is 0 Å². The van der Waals surface area contributed by atoms with Crippen LogP contribution < -0.4 is 4.90 Å². The number of ether oxygens (including phenoxy) is 1. The summed E-state index contributed by atoms with van der Waals surface area (Å²) in [5.74, 6) is -0.678. The molecule has 0 bridgehead atoms. The summed E-state index contributed by atoms with van der Waals surface area (Å²) in [5, 5.41) is 0. The van der Waals surface area contributed by atoms with Crippen molar-refractivity contribution in [3.63, 3.8) is 0 Å². The number of carbonyl (C=O) groups is 2. The second kappa shape index (κ2) is 5.48. The molecule has 4 nitrogen and oxygen atoms in total. The van der Waals surface area contributed by atoms with Gasteiger partial charge in [-0.1, -0.05) is 0 Å². The number of hydrogen-bond acceptors (Lipinski definition) is 3. The second-order valence-corrected chi connectivity index (χ2v) is 5.90. The van der Waals surface area contributed by atoms with E-state index in [1.807, 2.05) is 26.0 Å². The Morgan fingerprint density at radius 1 is 1.37 bits per heavy atom. The molecule has 1 fully saturated rings. The van der Waals surface area contributed by atoms with Crippen LogP contribution in [0.5, 0.6) is 0 Å². The monoisotopic (exact) mass is 373 g/mol. The lowest BCUT2D eigenvalue weighted by Gasteiger charge is -2.18. The van der Waals surface area contributed by atoms with Crippen LogP contribution in [0.25, 0.3) is 0 Å². The Labute approximate surface area is 126 Å². The molecular weight excluding hydrogens is 357 g/mol. The molecule has 1 heterocycles. The first-order valence-corrected chi connectivity index (χ1v) is 7.17. The van der Waals surface area contributed by atoms with E-state index in [1.165, 1.54) is 10.7 Å². The number of hydrogen-bond donors (Lipinski definition) is 0. The van der Waals surface area contributed by atoms with E-state index >= 15 is 0 Å². The Hall–Kier alpha value is -1.11. The molecule has 0 radical (unpaired) electrons. The maximum absolute atomic E-state index is 12.0. The number of halogens is 1. The summed E-state index contributed by atoms with van der Waals surface area (Å²) in [6.45, 7) is 4.46. The zero-order chi connectivity index (χ0) is 14.2. The zero-order valence-corrected chi connectivity index (χ0v) is 13.4. The van der Waals surface area contributed by atoms with Gasteiger partial charge in [-0.3, -0.25) is 9.59 Å². The lowest BCUT2D eigenvalue weighted by molar-refractivity contribution is -0.145. The number of carbonyl (C=O) groups excluding carboxylic acids is 2. The van der Waals surface area contributed by atoms with Crippen molar-refractivity contribution in [3.05, 3.63) is 26.8 Å². The van der Waals surface area contributed by atoms with Gasteiger partial charge in [0, 0.05) is 22.2 Å². The highest BCUT2D eigenvalue weighted by atomic mass is 127. The van der Waals surface area contributed by atoms with Crippen molar-refractivity contribution < 1.29 is 14.3 Å². The van der Waals surface area contributed by atoms with E-state index in [2.05, 4.69) is 22.6 Å². The van der Waals surface area contributed by atoms with E-state index in [0.717, 1.165) is 16.8 Å². The molecule has 1 aliphatic heterocycles. The van der Waals surface area contributed by atoms with Crippen LogP contribution in [0.3, 0.4) is 0 Å². The molecule has 0 aromatic heterocycles. The van der Waals surface area contributed by atoms with Gasteiger partial charge in [-0.2, -0.15) is 0 Å². The Kier molecular flexibility index (Phi) is 4.13. The number of anilines is 1. The van der Waals surface area contributed by atoms with Gasteiger partial charge in [0.15, 0.2) is 0 Å². The van der Waals surface area contributed by atoms with Gasteiger partial charge in [0.2, 0.25) is 5.91 Å². The molecule has 1 atom stereocenters. The molecule has 1 amide bonds. The van der Waals surface area contributed by atoms with Crippen molar-refractivity contribution in [2.45, 2.75) is 20.3 Å². The van der Waals surface area contributed by atoms with E-state index in [9.17, 15) is 9.59 Å². The van der Waals surface area contributed by atoms with Crippen LogP contribution in [-0.2, 0) is 14.3 Å². The Balaban J connectivity index is 2.28. The predicted octanol–water partition coefficient (Wildman–Crippen LogP) is 2.43. The summed E-state index contributed by atoms with van der Waals surface area (Å²) >= 11 is 2.30. The lowest BCUT2D eigenvalue weighted by Crippen LogP contribution is -2.26. The summed E-state index contributed by atoms with van der Waals surface area (Å²) < 4.78 is 5.92. The van der Waals surface area contributed by atoms with Crippen LogP contribution in [0.1, 0.15) is 17.5 Å². The lowest BCUT2D eigenvalue weighted by atomic mass is 10.1. The standard InChI is InChI=1S/C14H16INO3/c1-8-4-11(5-9(2)13(8)15)16-7-10(6-12(16)17)14(18)19-3/h4-5,10H,6-7H2,1-3H3/t10-/m0/s1. The third-order valence-electron chi connectivity index (χ3n) is 3.39. The van der Waals surface area contributed by atoms with Gasteiger partial charge in [-0.05, 0) is 59.7 Å². The molecule has 0 spiro atoms. The van der Waals surface area contributed by atoms with E-state index in [1.54, 1.807) is 4.90 Å². The molecule has 0 N–H and O–H groups in total. The van der Waals surface area contributed by atoms with E-state index in [-0.39, 0.29) is 24.2 Å². The molecule has 2 rings (SSSR count). The van der Waals surface area contributed by atoms with Gasteiger partial charge in [-0.15, -0.1) is 0 Å². The molecule has 0 saturated carbocycles. The van der Waals surface area contributed by atoms with Crippen LogP contribution in [0.15, 0.2) is 12.1 Å². The summed E-state index contributed by atoms with van der Waals surface area (Å²) in [6, 6.07) is 3.98. The summed E-state index contributed by atoms with van der Waals surface area (Å²) in [6.07, 6.45) is 0.233. The quantitative estimate of drug-likeness (QED) is 0.591. The van der Waals surface area contributed by atoms with Crippen LogP contribution in [0, 0.1) is 23.3 Å². The number of amides is 1. The number of esters is 1. The fraction of sp³-hybridized carbons (Fsp3) is 0.429. The maximum Gasteiger partial charge on any atom is 0.311 e. The first kappa shape index (κ1) is 14.3. The minimum Gasteiger partial charge on any atom is -0.469 e. The average molecular weight is 373 g/mol. The number of benzene rings is 1. The minimum absolute atomic E-state index is 0.0181. The van der Waals surface area contributed by atoms with Crippen molar-refractivity contribution in [2.24, 2.45) is 5.92 Å². The molecule has 1 aromatic carbocycles. The number of nitrogens with zero attached hydrogens (tertiary/aromatic N) is 1. The van der Waals surface area contributed by atoms with Gasteiger partial charge in [-0.25, -0.2) is 0 Å². The van der Waals surface area contributed by atoms with Gasteiger partial charge in [0.1, 0.15) is 0 Å². The maximum atomic E-state index is 12.0. The van der Waals surface area contributed by atoms with Gasteiger partial charge >= 0.3 is 5.97 Å². The summed E-state index contributed by atoms with van der Waals surface area (Å²) in [7, 11) is 1.36. The largest absolute Gasteiger partial charge is 0.469 e. The fourth-order valence-corrected chi connectivity index (χ4v) is 2.67. The van der Waals surface area contributed by atoms with Gasteiger partial charge in [0.05, 0.1) is 13.0 Å². The van der Waals surface area contributed by atoms with Crippen molar-refractivity contribution in [2.75, 3.05) is 18.6 Å². The van der Waals surface area contributed by atoms with E-state index in [0.29, 0.717) is 6.54 Å². The fourth-order valence-electron chi connectivity index (χ4n) is 2.36. The van der Waals surface area contributed by atoms with Gasteiger partial charge in [0.25, 0.3) is 0 Å². The molecule has 5 heteroatoms. The third kappa shape index (κ3) is 2.75. The number of methoxy groups -OCH3 is 1. The number of aryl methyl sites for hydroxylation is 2. The molecule has 1 aromatic rings. The van der Waals surface area contributed by atoms with Crippen LogP contribution >= 0.6 is 22.6 Å². The zero-order valence-electron chi connectivity index (χ0n) is 11.2. The van der Waals surface area contributed by atoms with Crippen molar-refractivity contribution in [1.82, 2.24) is 0 Å². The topological polar surface area (TPSA) is 46.6 Å². The third-order valence-corrected chi connectivity index (χ3v) is 5.09. The molecule has 0 aliphatic carbocycles. The molecule has 1 aliphatic rings. The SMILES string of the molecule is COC(=O)[C@H]1CC(=O)N(c2cc(C)c(I)c(C)c2)C1. The molecular formula is C14H16INO3. The first-order valence-electron chi connectivity index (χ1n) is 6.09. The van der Waals surface area contributed by atoms with Crippen LogP contribution in [-0.4, -0.2) is 25.5 Å². The normalized spacial score (nSPS) is 18.8. The second-order valence-electron chi connectivity index (χ2n) is 4.82. The van der Waals surface area contributed by atoms with Crippen molar-refractivity contribution in [1.29, 1.82) is 0 Å².